The number of fused-ring (bicyclic) bond motifs is 1. The molecule has 0 saturated heterocycles. The molecule has 0 fully saturated rings. The van der Waals surface area contributed by atoms with Gasteiger partial charge >= 0.3 is 0 Å². The van der Waals surface area contributed by atoms with Gasteiger partial charge in [0.2, 0.25) is 0 Å². The molecule has 29 heavy (non-hydrogen) atoms. The molecule has 1 atom stereocenters. The second kappa shape index (κ2) is 7.81. The maximum absolute atomic E-state index is 3.63. The lowest BCUT2D eigenvalue weighted by Crippen LogP contribution is -2.17. The summed E-state index contributed by atoms with van der Waals surface area (Å²) in [5.41, 5.74) is 6.23. The Bertz CT molecular complexity index is 1180. The van der Waals surface area contributed by atoms with Gasteiger partial charge in [-0.2, -0.15) is 0 Å². The van der Waals surface area contributed by atoms with E-state index in [-0.39, 0.29) is 0 Å². The van der Waals surface area contributed by atoms with E-state index in [1.54, 1.807) is 0 Å². The Kier molecular flexibility index (Phi) is 4.72. The summed E-state index contributed by atoms with van der Waals surface area (Å²) in [6, 6.07) is 34.7. The van der Waals surface area contributed by atoms with Gasteiger partial charge in [-0.25, -0.2) is 0 Å². The van der Waals surface area contributed by atoms with Gasteiger partial charge in [0.05, 0.1) is 0 Å². The average Bonchev–Trinajstić information content (AvgIpc) is 2.80. The van der Waals surface area contributed by atoms with Crippen molar-refractivity contribution in [1.29, 1.82) is 0 Å². The second-order valence-electron chi connectivity index (χ2n) is 7.51. The summed E-state index contributed by atoms with van der Waals surface area (Å²) >= 11 is 0. The SMILES string of the molecule is C1=CC(Nc2ccc(-c3ccccc3)cc2)CC=C1c1ccc2ccccc2c1. The van der Waals surface area contributed by atoms with Crippen molar-refractivity contribution in [3.8, 4) is 11.1 Å². The molecule has 1 aliphatic rings. The molecule has 1 aliphatic carbocycles. The van der Waals surface area contributed by atoms with Crippen molar-refractivity contribution in [3.05, 3.63) is 121 Å². The molecule has 1 heteroatoms. The van der Waals surface area contributed by atoms with Crippen molar-refractivity contribution < 1.29 is 0 Å². The van der Waals surface area contributed by atoms with Gasteiger partial charge in [-0.1, -0.05) is 97.1 Å². The summed E-state index contributed by atoms with van der Waals surface area (Å²) in [5.74, 6) is 0. The van der Waals surface area contributed by atoms with E-state index < -0.39 is 0 Å². The van der Waals surface area contributed by atoms with Gasteiger partial charge in [-0.15, -0.1) is 0 Å². The highest BCUT2D eigenvalue weighted by atomic mass is 14.9. The maximum atomic E-state index is 3.63. The first-order chi connectivity index (χ1) is 14.3. The highest BCUT2D eigenvalue weighted by molar-refractivity contribution is 5.88. The summed E-state index contributed by atoms with van der Waals surface area (Å²) in [6.45, 7) is 0. The molecule has 1 N–H and O–H groups in total. The van der Waals surface area contributed by atoms with Crippen LogP contribution in [0.5, 0.6) is 0 Å². The third-order valence-corrected chi connectivity index (χ3v) is 5.53. The largest absolute Gasteiger partial charge is 0.379 e. The molecule has 0 heterocycles. The number of hydrogen-bond donors (Lipinski definition) is 1. The van der Waals surface area contributed by atoms with Gasteiger partial charge in [0.25, 0.3) is 0 Å². The van der Waals surface area contributed by atoms with Crippen LogP contribution in [0.25, 0.3) is 27.5 Å². The Morgan fingerprint density at radius 1 is 0.621 bits per heavy atom. The van der Waals surface area contributed by atoms with Gasteiger partial charge in [0.15, 0.2) is 0 Å². The van der Waals surface area contributed by atoms with Crippen LogP contribution in [-0.2, 0) is 0 Å². The number of hydrogen-bond acceptors (Lipinski definition) is 1. The first-order valence-electron chi connectivity index (χ1n) is 10.1. The molecular weight excluding hydrogens is 350 g/mol. The van der Waals surface area contributed by atoms with Crippen LogP contribution in [0, 0.1) is 0 Å². The fraction of sp³-hybridized carbons (Fsp3) is 0.0714. The van der Waals surface area contributed by atoms with Crippen LogP contribution < -0.4 is 5.32 Å². The Morgan fingerprint density at radius 3 is 2.07 bits per heavy atom. The maximum Gasteiger partial charge on any atom is 0.0482 e. The molecule has 0 spiro atoms. The third kappa shape index (κ3) is 3.86. The number of benzene rings is 4. The zero-order valence-electron chi connectivity index (χ0n) is 16.3. The zero-order chi connectivity index (χ0) is 19.5. The molecule has 5 rings (SSSR count). The molecule has 0 aliphatic heterocycles. The van der Waals surface area contributed by atoms with Gasteiger partial charge in [-0.05, 0) is 57.7 Å². The van der Waals surface area contributed by atoms with Crippen molar-refractivity contribution >= 4 is 22.0 Å². The quantitative estimate of drug-likeness (QED) is 0.395. The van der Waals surface area contributed by atoms with E-state index in [0.29, 0.717) is 6.04 Å². The van der Waals surface area contributed by atoms with Crippen molar-refractivity contribution in [1.82, 2.24) is 0 Å². The van der Waals surface area contributed by atoms with Gasteiger partial charge < -0.3 is 5.32 Å². The minimum atomic E-state index is 0.321. The number of anilines is 1. The molecule has 4 aromatic carbocycles. The summed E-state index contributed by atoms with van der Waals surface area (Å²) in [7, 11) is 0. The summed E-state index contributed by atoms with van der Waals surface area (Å²) in [6.07, 6.45) is 7.83. The van der Waals surface area contributed by atoms with Crippen LogP contribution in [0.4, 0.5) is 5.69 Å². The molecule has 0 bridgehead atoms. The molecular formula is C28H23N. The normalized spacial score (nSPS) is 15.9. The molecule has 1 unspecified atom stereocenters. The van der Waals surface area contributed by atoms with Crippen molar-refractivity contribution in [2.45, 2.75) is 12.5 Å². The first kappa shape index (κ1) is 17.5. The monoisotopic (exact) mass is 373 g/mol. The lowest BCUT2D eigenvalue weighted by molar-refractivity contribution is 0.886. The van der Waals surface area contributed by atoms with Crippen LogP contribution in [0.1, 0.15) is 12.0 Å². The van der Waals surface area contributed by atoms with E-state index in [4.69, 9.17) is 0 Å². The van der Waals surface area contributed by atoms with Gasteiger partial charge in [-0.3, -0.25) is 0 Å². The van der Waals surface area contributed by atoms with E-state index in [2.05, 4.69) is 121 Å². The Labute approximate surface area is 172 Å². The van der Waals surface area contributed by atoms with E-state index >= 15 is 0 Å². The van der Waals surface area contributed by atoms with Crippen molar-refractivity contribution in [3.63, 3.8) is 0 Å². The van der Waals surface area contributed by atoms with E-state index in [1.165, 1.54) is 33.0 Å². The topological polar surface area (TPSA) is 12.0 Å². The Hall–Kier alpha value is -3.58. The summed E-state index contributed by atoms with van der Waals surface area (Å²) < 4.78 is 0. The molecule has 4 aromatic rings. The van der Waals surface area contributed by atoms with E-state index in [1.807, 2.05) is 0 Å². The molecule has 0 aromatic heterocycles. The highest BCUT2D eigenvalue weighted by Gasteiger charge is 2.10. The molecule has 0 amide bonds. The molecule has 0 saturated carbocycles. The minimum absolute atomic E-state index is 0.321. The van der Waals surface area contributed by atoms with Crippen LogP contribution in [-0.4, -0.2) is 6.04 Å². The lowest BCUT2D eigenvalue weighted by Gasteiger charge is -2.19. The predicted molar refractivity (Wildman–Crippen MR) is 125 cm³/mol. The van der Waals surface area contributed by atoms with E-state index in [0.717, 1.165) is 12.1 Å². The number of allylic oxidation sites excluding steroid dienone is 2. The molecule has 0 radical (unpaired) electrons. The van der Waals surface area contributed by atoms with E-state index in [9.17, 15) is 0 Å². The average molecular weight is 373 g/mol. The summed E-state index contributed by atoms with van der Waals surface area (Å²) in [4.78, 5) is 0. The highest BCUT2D eigenvalue weighted by Crippen LogP contribution is 2.27. The number of rotatable bonds is 4. The molecule has 1 nitrogen and oxygen atoms in total. The lowest BCUT2D eigenvalue weighted by atomic mass is 9.95. The first-order valence-corrected chi connectivity index (χ1v) is 10.1. The fourth-order valence-corrected chi connectivity index (χ4v) is 3.91. The molecule has 140 valence electrons. The van der Waals surface area contributed by atoms with Crippen molar-refractivity contribution in [2.24, 2.45) is 0 Å². The minimum Gasteiger partial charge on any atom is -0.379 e. The van der Waals surface area contributed by atoms with Crippen LogP contribution in [0.3, 0.4) is 0 Å². The Balaban J connectivity index is 1.26. The fourth-order valence-electron chi connectivity index (χ4n) is 3.91. The second-order valence-corrected chi connectivity index (χ2v) is 7.51. The van der Waals surface area contributed by atoms with Gasteiger partial charge in [0, 0.05) is 11.7 Å². The smallest absolute Gasteiger partial charge is 0.0482 e. The number of nitrogens with one attached hydrogen (secondary N) is 1. The third-order valence-electron chi connectivity index (χ3n) is 5.53. The van der Waals surface area contributed by atoms with Gasteiger partial charge in [0.1, 0.15) is 0 Å². The predicted octanol–water partition coefficient (Wildman–Crippen LogP) is 7.33. The standard InChI is InChI=1S/C28H23N/c1-2-6-21(7-3-1)23-12-16-27(17-13-23)29-28-18-14-24(15-19-28)26-11-10-22-8-4-5-9-25(22)20-26/h1-18,20,28-29H,19H2. The zero-order valence-corrected chi connectivity index (χ0v) is 16.3. The Morgan fingerprint density at radius 2 is 1.31 bits per heavy atom. The van der Waals surface area contributed by atoms with Crippen LogP contribution >= 0.6 is 0 Å². The van der Waals surface area contributed by atoms with Crippen LogP contribution in [0.2, 0.25) is 0 Å². The van der Waals surface area contributed by atoms with Crippen LogP contribution in [0.15, 0.2) is 115 Å². The summed E-state index contributed by atoms with van der Waals surface area (Å²) in [5, 5.41) is 6.21. The van der Waals surface area contributed by atoms with Crippen molar-refractivity contribution in [2.75, 3.05) is 5.32 Å².